The van der Waals surface area contributed by atoms with Gasteiger partial charge in [0, 0.05) is 0 Å². The van der Waals surface area contributed by atoms with E-state index in [1.54, 1.807) is 19.1 Å². The van der Waals surface area contributed by atoms with Gasteiger partial charge in [0.2, 0.25) is 0 Å². The second kappa shape index (κ2) is 7.29. The Kier molecular flexibility index (Phi) is 5.68. The standard InChI is InChI=1S/C18H24BFO6/c1-11(16(20)19-25-17(2,3)18(4,5)26-19)12-7-8-13(14(9-12)23-6)24-10-15(21)22/h7-9H,10H2,1-6H3,(H,21,22). The van der Waals surface area contributed by atoms with Crippen molar-refractivity contribution in [1.82, 2.24) is 0 Å². The summed E-state index contributed by atoms with van der Waals surface area (Å²) in [4.78, 5) is 10.6. The summed E-state index contributed by atoms with van der Waals surface area (Å²) >= 11 is 0. The number of halogens is 1. The molecule has 1 aliphatic heterocycles. The maximum Gasteiger partial charge on any atom is 0.525 e. The predicted molar refractivity (Wildman–Crippen MR) is 95.9 cm³/mol. The smallest absolute Gasteiger partial charge is 0.493 e. The fourth-order valence-corrected chi connectivity index (χ4v) is 2.42. The Morgan fingerprint density at radius 3 is 2.27 bits per heavy atom. The van der Waals surface area contributed by atoms with Gasteiger partial charge >= 0.3 is 13.1 Å². The van der Waals surface area contributed by atoms with E-state index in [4.69, 9.17) is 23.9 Å². The summed E-state index contributed by atoms with van der Waals surface area (Å²) in [6.45, 7) is 8.54. The summed E-state index contributed by atoms with van der Waals surface area (Å²) in [7, 11) is 0.338. The van der Waals surface area contributed by atoms with Gasteiger partial charge in [-0.15, -0.1) is 0 Å². The van der Waals surface area contributed by atoms with E-state index in [1.807, 2.05) is 27.7 Å². The van der Waals surface area contributed by atoms with Crippen molar-refractivity contribution in [2.45, 2.75) is 45.8 Å². The molecule has 0 aromatic heterocycles. The molecule has 0 atom stereocenters. The van der Waals surface area contributed by atoms with Gasteiger partial charge in [0.25, 0.3) is 0 Å². The Bertz CT molecular complexity index is 712. The number of methoxy groups -OCH3 is 1. The van der Waals surface area contributed by atoms with Crippen LogP contribution in [0.15, 0.2) is 23.9 Å². The summed E-state index contributed by atoms with van der Waals surface area (Å²) in [5, 5.41) is 8.71. The maximum absolute atomic E-state index is 14.9. The fraction of sp³-hybridized carbons (Fsp3) is 0.500. The molecule has 6 nitrogen and oxygen atoms in total. The third kappa shape index (κ3) is 4.02. The molecule has 1 fully saturated rings. The van der Waals surface area contributed by atoms with E-state index in [0.29, 0.717) is 16.9 Å². The molecule has 1 aromatic rings. The number of hydrogen-bond acceptors (Lipinski definition) is 5. The van der Waals surface area contributed by atoms with Crippen LogP contribution < -0.4 is 9.47 Å². The highest BCUT2D eigenvalue weighted by Crippen LogP contribution is 2.40. The first-order valence-corrected chi connectivity index (χ1v) is 8.23. The predicted octanol–water partition coefficient (Wildman–Crippen LogP) is 3.49. The minimum atomic E-state index is -1.10. The van der Waals surface area contributed by atoms with Crippen molar-refractivity contribution in [3.63, 3.8) is 0 Å². The average Bonchev–Trinajstić information content (AvgIpc) is 2.79. The van der Waals surface area contributed by atoms with Crippen LogP contribution in [0, 0.1) is 0 Å². The molecule has 0 unspecified atom stereocenters. The molecule has 0 saturated carbocycles. The number of hydrogen-bond donors (Lipinski definition) is 1. The molecule has 8 heteroatoms. The lowest BCUT2D eigenvalue weighted by atomic mass is 9.83. The number of carboxylic acid groups (broad SMARTS) is 1. The maximum atomic E-state index is 14.9. The van der Waals surface area contributed by atoms with Gasteiger partial charge in [0.05, 0.1) is 18.3 Å². The fourth-order valence-electron chi connectivity index (χ4n) is 2.42. The summed E-state index contributed by atoms with van der Waals surface area (Å²) in [5.74, 6) is -0.522. The van der Waals surface area contributed by atoms with Crippen molar-refractivity contribution in [3.05, 3.63) is 29.5 Å². The van der Waals surface area contributed by atoms with E-state index < -0.39 is 36.6 Å². The molecule has 0 spiro atoms. The van der Waals surface area contributed by atoms with Gasteiger partial charge in [-0.1, -0.05) is 6.07 Å². The summed E-state index contributed by atoms with van der Waals surface area (Å²) < 4.78 is 36.8. The first-order chi connectivity index (χ1) is 12.0. The normalized spacial score (nSPS) is 19.1. The van der Waals surface area contributed by atoms with E-state index in [1.165, 1.54) is 13.2 Å². The molecule has 0 radical (unpaired) electrons. The molecule has 1 aromatic carbocycles. The van der Waals surface area contributed by atoms with Crippen LogP contribution in [0.5, 0.6) is 11.5 Å². The van der Waals surface area contributed by atoms with Crippen LogP contribution >= 0.6 is 0 Å². The van der Waals surface area contributed by atoms with Crippen LogP contribution in [0.25, 0.3) is 5.57 Å². The zero-order chi connectivity index (χ0) is 19.7. The SMILES string of the molecule is COc1cc(C(C)=C(F)B2OC(C)(C)C(C)(C)O2)ccc1OCC(=O)O. The van der Waals surface area contributed by atoms with Gasteiger partial charge in [-0.25, -0.2) is 9.18 Å². The minimum absolute atomic E-state index is 0.266. The number of allylic oxidation sites excluding steroid dienone is 1. The second-order valence-corrected chi connectivity index (χ2v) is 7.11. The Labute approximate surface area is 153 Å². The average molecular weight is 366 g/mol. The summed E-state index contributed by atoms with van der Waals surface area (Å²) in [5.41, 5.74) is -0.906. The third-order valence-corrected chi connectivity index (χ3v) is 4.77. The van der Waals surface area contributed by atoms with Crippen molar-refractivity contribution in [3.8, 4) is 11.5 Å². The van der Waals surface area contributed by atoms with Crippen LogP contribution in [-0.4, -0.2) is 43.1 Å². The molecule has 2 rings (SSSR count). The number of carboxylic acids is 1. The lowest BCUT2D eigenvalue weighted by Crippen LogP contribution is -2.41. The van der Waals surface area contributed by atoms with Gasteiger partial charge < -0.3 is 23.9 Å². The van der Waals surface area contributed by atoms with Crippen LogP contribution in [0.1, 0.15) is 40.2 Å². The second-order valence-electron chi connectivity index (χ2n) is 7.11. The number of rotatable bonds is 6. The minimum Gasteiger partial charge on any atom is -0.493 e. The molecule has 1 heterocycles. The number of ether oxygens (including phenoxy) is 2. The van der Waals surface area contributed by atoms with Crippen molar-refractivity contribution in [2.75, 3.05) is 13.7 Å². The van der Waals surface area contributed by atoms with Crippen molar-refractivity contribution in [2.24, 2.45) is 0 Å². The third-order valence-electron chi connectivity index (χ3n) is 4.77. The molecule has 0 amide bonds. The molecule has 0 bridgehead atoms. The van der Waals surface area contributed by atoms with E-state index in [-0.39, 0.29) is 5.75 Å². The number of benzene rings is 1. The molecule has 1 aliphatic rings. The lowest BCUT2D eigenvalue weighted by Gasteiger charge is -2.32. The van der Waals surface area contributed by atoms with Gasteiger partial charge in [0.15, 0.2) is 18.1 Å². The van der Waals surface area contributed by atoms with Gasteiger partial charge in [-0.05, 0) is 57.9 Å². The Morgan fingerprint density at radius 2 is 1.77 bits per heavy atom. The first-order valence-electron chi connectivity index (χ1n) is 8.23. The molecule has 26 heavy (non-hydrogen) atoms. The summed E-state index contributed by atoms with van der Waals surface area (Å²) in [6, 6.07) is 4.75. The zero-order valence-corrected chi connectivity index (χ0v) is 15.9. The Morgan fingerprint density at radius 1 is 1.19 bits per heavy atom. The highest BCUT2D eigenvalue weighted by atomic mass is 19.1. The van der Waals surface area contributed by atoms with Crippen LogP contribution in [0.3, 0.4) is 0 Å². The van der Waals surface area contributed by atoms with Gasteiger partial charge in [-0.2, -0.15) is 0 Å². The molecule has 142 valence electrons. The monoisotopic (exact) mass is 366 g/mol. The zero-order valence-electron chi connectivity index (χ0n) is 15.9. The molecule has 1 N–H and O–H groups in total. The quantitative estimate of drug-likeness (QED) is 0.777. The topological polar surface area (TPSA) is 74.2 Å². The molecular weight excluding hydrogens is 342 g/mol. The molecular formula is C18H24BFO6. The van der Waals surface area contributed by atoms with Crippen LogP contribution in [0.4, 0.5) is 4.39 Å². The number of carbonyl (C=O) groups is 1. The lowest BCUT2D eigenvalue weighted by molar-refractivity contribution is -0.139. The largest absolute Gasteiger partial charge is 0.525 e. The first kappa shape index (κ1) is 20.3. The van der Waals surface area contributed by atoms with E-state index in [2.05, 4.69) is 0 Å². The molecule has 0 aliphatic carbocycles. The Balaban J connectivity index is 2.29. The van der Waals surface area contributed by atoms with Crippen molar-refractivity contribution in [1.29, 1.82) is 0 Å². The van der Waals surface area contributed by atoms with E-state index in [0.717, 1.165) is 0 Å². The molecule has 1 saturated heterocycles. The highest BCUT2D eigenvalue weighted by molar-refractivity contribution is 6.55. The van der Waals surface area contributed by atoms with Crippen molar-refractivity contribution < 1.29 is 33.1 Å². The van der Waals surface area contributed by atoms with Gasteiger partial charge in [0.1, 0.15) is 5.73 Å². The van der Waals surface area contributed by atoms with Gasteiger partial charge in [-0.3, -0.25) is 0 Å². The van der Waals surface area contributed by atoms with Crippen LogP contribution in [-0.2, 0) is 14.1 Å². The number of aliphatic carboxylic acids is 1. The van der Waals surface area contributed by atoms with Crippen molar-refractivity contribution >= 4 is 18.7 Å². The van der Waals surface area contributed by atoms with Crippen LogP contribution in [0.2, 0.25) is 0 Å². The van der Waals surface area contributed by atoms with E-state index in [9.17, 15) is 9.18 Å². The highest BCUT2D eigenvalue weighted by Gasteiger charge is 2.53. The summed E-state index contributed by atoms with van der Waals surface area (Å²) in [6.07, 6.45) is 0. The van der Waals surface area contributed by atoms with E-state index >= 15 is 0 Å². The Hall–Kier alpha value is -2.06.